The second-order valence-corrected chi connectivity index (χ2v) is 6.70. The van der Waals surface area contributed by atoms with Gasteiger partial charge in [0.15, 0.2) is 0 Å². The molecular formula is C15H13ClF2N2OS. The van der Waals surface area contributed by atoms with Gasteiger partial charge in [-0.15, -0.1) is 11.6 Å². The number of amides is 1. The normalized spacial score (nSPS) is 25.4. The van der Waals surface area contributed by atoms with E-state index in [1.54, 1.807) is 6.07 Å². The molecule has 1 aromatic carbocycles. The van der Waals surface area contributed by atoms with Gasteiger partial charge in [0.25, 0.3) is 5.91 Å². The Morgan fingerprint density at radius 1 is 1.50 bits per heavy atom. The van der Waals surface area contributed by atoms with Crippen LogP contribution in [0.3, 0.4) is 0 Å². The van der Waals surface area contributed by atoms with Crippen LogP contribution in [0.5, 0.6) is 0 Å². The van der Waals surface area contributed by atoms with Crippen molar-refractivity contribution in [2.75, 3.05) is 0 Å². The number of hydrogen-bond donors (Lipinski definition) is 1. The van der Waals surface area contributed by atoms with Gasteiger partial charge < -0.3 is 5.32 Å². The number of alkyl halides is 2. The number of carbonyl (C=O) groups is 1. The Morgan fingerprint density at radius 3 is 3.05 bits per heavy atom. The Hall–Kier alpha value is -1.53. The molecule has 1 fully saturated rings. The second kappa shape index (κ2) is 5.93. The van der Waals surface area contributed by atoms with E-state index in [-0.39, 0.29) is 12.1 Å². The van der Waals surface area contributed by atoms with E-state index in [0.717, 1.165) is 16.2 Å². The van der Waals surface area contributed by atoms with Gasteiger partial charge in [-0.05, 0) is 41.7 Å². The standard InChI is InChI=1S/C15H13ClF2N2OS/c1-7-4-10(16)12(6-11(7)18)19-15(21)14-9-5-8(17)2-3-13(9)22-20-14/h2-3,5,10-12H,1,4,6H2,(H,19,21). The molecule has 116 valence electrons. The molecule has 3 rings (SSSR count). The molecule has 0 radical (unpaired) electrons. The summed E-state index contributed by atoms with van der Waals surface area (Å²) in [5.74, 6) is -0.901. The van der Waals surface area contributed by atoms with Crippen LogP contribution in [0.2, 0.25) is 0 Å². The van der Waals surface area contributed by atoms with Crippen LogP contribution < -0.4 is 5.32 Å². The summed E-state index contributed by atoms with van der Waals surface area (Å²) in [4.78, 5) is 12.3. The summed E-state index contributed by atoms with van der Waals surface area (Å²) in [7, 11) is 0. The summed E-state index contributed by atoms with van der Waals surface area (Å²) in [6, 6.07) is 3.66. The summed E-state index contributed by atoms with van der Waals surface area (Å²) >= 11 is 7.29. The fourth-order valence-electron chi connectivity index (χ4n) is 2.52. The molecule has 1 aliphatic carbocycles. The predicted octanol–water partition coefficient (Wildman–Crippen LogP) is 3.83. The van der Waals surface area contributed by atoms with Crippen LogP contribution in [0.25, 0.3) is 10.1 Å². The summed E-state index contributed by atoms with van der Waals surface area (Å²) < 4.78 is 31.9. The maximum absolute atomic E-state index is 13.7. The summed E-state index contributed by atoms with van der Waals surface area (Å²) in [6.45, 7) is 3.64. The summed E-state index contributed by atoms with van der Waals surface area (Å²) in [6.07, 6.45) is -0.764. The van der Waals surface area contributed by atoms with Crippen LogP contribution in [-0.4, -0.2) is 27.9 Å². The molecule has 0 bridgehead atoms. The lowest BCUT2D eigenvalue weighted by Gasteiger charge is -2.31. The zero-order valence-electron chi connectivity index (χ0n) is 11.5. The van der Waals surface area contributed by atoms with E-state index < -0.39 is 29.3 Å². The highest BCUT2D eigenvalue weighted by atomic mass is 35.5. The summed E-state index contributed by atoms with van der Waals surface area (Å²) in [5.41, 5.74) is 0.592. The van der Waals surface area contributed by atoms with Crippen LogP contribution in [0.15, 0.2) is 30.4 Å². The third-order valence-corrected chi connectivity index (χ3v) is 5.05. The van der Waals surface area contributed by atoms with E-state index in [4.69, 9.17) is 11.6 Å². The third-order valence-electron chi connectivity index (χ3n) is 3.76. The zero-order valence-corrected chi connectivity index (χ0v) is 13.1. The van der Waals surface area contributed by atoms with Gasteiger partial charge in [-0.1, -0.05) is 6.58 Å². The fraction of sp³-hybridized carbons (Fsp3) is 0.333. The molecule has 0 saturated heterocycles. The number of allylic oxidation sites excluding steroid dienone is 1. The molecule has 2 aromatic rings. The predicted molar refractivity (Wildman–Crippen MR) is 83.7 cm³/mol. The Balaban J connectivity index is 1.81. The van der Waals surface area contributed by atoms with Crippen molar-refractivity contribution in [1.29, 1.82) is 0 Å². The van der Waals surface area contributed by atoms with Gasteiger partial charge >= 0.3 is 0 Å². The molecule has 7 heteroatoms. The Morgan fingerprint density at radius 2 is 2.27 bits per heavy atom. The van der Waals surface area contributed by atoms with Gasteiger partial charge in [0.1, 0.15) is 17.7 Å². The summed E-state index contributed by atoms with van der Waals surface area (Å²) in [5, 5.41) is 2.74. The molecule has 1 aliphatic rings. The van der Waals surface area contributed by atoms with Crippen molar-refractivity contribution in [3.8, 4) is 0 Å². The van der Waals surface area contributed by atoms with E-state index in [1.165, 1.54) is 12.1 Å². The van der Waals surface area contributed by atoms with Gasteiger partial charge in [-0.25, -0.2) is 8.78 Å². The highest BCUT2D eigenvalue weighted by Gasteiger charge is 2.33. The Bertz CT molecular complexity index is 748. The first kappa shape index (κ1) is 15.4. The first-order chi connectivity index (χ1) is 10.5. The molecule has 1 aromatic heterocycles. The Kier molecular flexibility index (Phi) is 4.14. The zero-order chi connectivity index (χ0) is 15.9. The highest BCUT2D eigenvalue weighted by molar-refractivity contribution is 7.13. The minimum Gasteiger partial charge on any atom is -0.346 e. The van der Waals surface area contributed by atoms with Gasteiger partial charge in [-0.2, -0.15) is 4.37 Å². The molecule has 22 heavy (non-hydrogen) atoms. The number of nitrogens with zero attached hydrogens (tertiary/aromatic N) is 1. The van der Waals surface area contributed by atoms with Crippen molar-refractivity contribution in [1.82, 2.24) is 9.69 Å². The molecule has 3 unspecified atom stereocenters. The average molecular weight is 343 g/mol. The van der Waals surface area contributed by atoms with Gasteiger partial charge in [-0.3, -0.25) is 4.79 Å². The van der Waals surface area contributed by atoms with Crippen LogP contribution in [0.4, 0.5) is 8.78 Å². The van der Waals surface area contributed by atoms with Crippen molar-refractivity contribution >= 4 is 39.1 Å². The number of aromatic nitrogens is 1. The van der Waals surface area contributed by atoms with Gasteiger partial charge in [0.2, 0.25) is 0 Å². The van der Waals surface area contributed by atoms with E-state index in [1.807, 2.05) is 0 Å². The quantitative estimate of drug-likeness (QED) is 0.665. The van der Waals surface area contributed by atoms with E-state index in [0.29, 0.717) is 17.4 Å². The second-order valence-electron chi connectivity index (χ2n) is 5.33. The number of rotatable bonds is 2. The maximum atomic E-state index is 13.7. The van der Waals surface area contributed by atoms with E-state index in [2.05, 4.69) is 16.3 Å². The number of carbonyl (C=O) groups excluding carboxylic acids is 1. The lowest BCUT2D eigenvalue weighted by molar-refractivity contribution is 0.0921. The van der Waals surface area contributed by atoms with E-state index in [9.17, 15) is 13.6 Å². The molecule has 0 aliphatic heterocycles. The van der Waals surface area contributed by atoms with Crippen molar-refractivity contribution in [2.45, 2.75) is 30.4 Å². The van der Waals surface area contributed by atoms with Crippen LogP contribution >= 0.6 is 23.1 Å². The lowest BCUT2D eigenvalue weighted by Crippen LogP contribution is -2.46. The maximum Gasteiger partial charge on any atom is 0.271 e. The van der Waals surface area contributed by atoms with Crippen molar-refractivity contribution in [3.05, 3.63) is 41.9 Å². The molecule has 1 amide bonds. The van der Waals surface area contributed by atoms with Crippen molar-refractivity contribution in [3.63, 3.8) is 0 Å². The first-order valence-corrected chi connectivity index (χ1v) is 7.98. The molecule has 1 saturated carbocycles. The number of nitrogens with one attached hydrogen (secondary N) is 1. The molecule has 1 heterocycles. The van der Waals surface area contributed by atoms with Crippen LogP contribution in [0, 0.1) is 5.82 Å². The largest absolute Gasteiger partial charge is 0.346 e. The molecule has 0 spiro atoms. The lowest BCUT2D eigenvalue weighted by atomic mass is 9.89. The number of hydrogen-bond acceptors (Lipinski definition) is 3. The van der Waals surface area contributed by atoms with Crippen LogP contribution in [0.1, 0.15) is 23.3 Å². The molecule has 1 N–H and O–H groups in total. The molecular weight excluding hydrogens is 330 g/mol. The Labute approximate surface area is 135 Å². The number of fused-ring (bicyclic) bond motifs is 1. The minimum atomic E-state index is -1.18. The minimum absolute atomic E-state index is 0.0924. The molecule has 3 atom stereocenters. The number of halogens is 3. The highest BCUT2D eigenvalue weighted by Crippen LogP contribution is 2.30. The first-order valence-electron chi connectivity index (χ1n) is 6.77. The van der Waals surface area contributed by atoms with Gasteiger partial charge in [0.05, 0.1) is 10.1 Å². The SMILES string of the molecule is C=C1CC(Cl)C(NC(=O)c2nsc3ccc(F)cc23)CC1F. The van der Waals surface area contributed by atoms with Crippen molar-refractivity contribution in [2.24, 2.45) is 0 Å². The van der Waals surface area contributed by atoms with E-state index >= 15 is 0 Å². The molecule has 3 nitrogen and oxygen atoms in total. The van der Waals surface area contributed by atoms with Crippen LogP contribution in [-0.2, 0) is 0 Å². The monoisotopic (exact) mass is 342 g/mol. The van der Waals surface area contributed by atoms with Crippen molar-refractivity contribution < 1.29 is 13.6 Å². The smallest absolute Gasteiger partial charge is 0.271 e. The fourth-order valence-corrected chi connectivity index (χ4v) is 3.64. The topological polar surface area (TPSA) is 42.0 Å². The van der Waals surface area contributed by atoms with Gasteiger partial charge in [0, 0.05) is 17.8 Å². The average Bonchev–Trinajstić information content (AvgIpc) is 2.87. The third kappa shape index (κ3) is 2.85. The number of benzene rings is 1.